The SMILES string of the molecule is COc1cccc(CN(C)c2ncc(CN)cc2C)c1. The molecule has 0 amide bonds. The molecule has 0 radical (unpaired) electrons. The second kappa shape index (κ2) is 6.39. The molecule has 0 bridgehead atoms. The molecule has 2 N–H and O–H groups in total. The Labute approximate surface area is 120 Å². The fourth-order valence-corrected chi connectivity index (χ4v) is 2.26. The second-order valence-electron chi connectivity index (χ2n) is 4.90. The number of hydrogen-bond donors (Lipinski definition) is 1. The summed E-state index contributed by atoms with van der Waals surface area (Å²) in [4.78, 5) is 6.63. The van der Waals surface area contributed by atoms with Crippen molar-refractivity contribution < 1.29 is 4.74 Å². The predicted molar refractivity (Wildman–Crippen MR) is 82.0 cm³/mol. The van der Waals surface area contributed by atoms with E-state index in [2.05, 4.69) is 28.9 Å². The van der Waals surface area contributed by atoms with Crippen LogP contribution in [0.1, 0.15) is 16.7 Å². The molecule has 2 rings (SSSR count). The molecule has 2 aromatic rings. The van der Waals surface area contributed by atoms with Crippen molar-refractivity contribution in [3.05, 3.63) is 53.2 Å². The standard InChI is InChI=1S/C16H21N3O/c1-12-7-14(9-17)10-18-16(12)19(2)11-13-5-4-6-15(8-13)20-3/h4-8,10H,9,11,17H2,1-3H3. The number of methoxy groups -OCH3 is 1. The van der Waals surface area contributed by atoms with Gasteiger partial charge in [0.25, 0.3) is 0 Å². The molecule has 0 aliphatic rings. The van der Waals surface area contributed by atoms with Crippen LogP contribution in [0.25, 0.3) is 0 Å². The highest BCUT2D eigenvalue weighted by Gasteiger charge is 2.08. The first-order valence-corrected chi connectivity index (χ1v) is 6.63. The van der Waals surface area contributed by atoms with Crippen molar-refractivity contribution in [2.24, 2.45) is 5.73 Å². The maximum Gasteiger partial charge on any atom is 0.131 e. The highest BCUT2D eigenvalue weighted by Crippen LogP contribution is 2.20. The summed E-state index contributed by atoms with van der Waals surface area (Å²) < 4.78 is 5.25. The van der Waals surface area contributed by atoms with Gasteiger partial charge in [0.05, 0.1) is 7.11 Å². The van der Waals surface area contributed by atoms with E-state index in [-0.39, 0.29) is 0 Å². The summed E-state index contributed by atoms with van der Waals surface area (Å²) in [5.41, 5.74) is 9.02. The molecule has 0 saturated heterocycles. The van der Waals surface area contributed by atoms with Crippen molar-refractivity contribution in [3.63, 3.8) is 0 Å². The van der Waals surface area contributed by atoms with Crippen LogP contribution in [0.15, 0.2) is 36.5 Å². The summed E-state index contributed by atoms with van der Waals surface area (Å²) in [7, 11) is 3.72. The second-order valence-corrected chi connectivity index (χ2v) is 4.90. The maximum absolute atomic E-state index is 5.63. The van der Waals surface area contributed by atoms with Gasteiger partial charge in [-0.3, -0.25) is 0 Å². The van der Waals surface area contributed by atoms with Gasteiger partial charge in [-0.05, 0) is 41.8 Å². The van der Waals surface area contributed by atoms with Crippen LogP contribution in [-0.2, 0) is 13.1 Å². The summed E-state index contributed by atoms with van der Waals surface area (Å²) in [6.07, 6.45) is 1.84. The minimum absolute atomic E-state index is 0.522. The molecule has 106 valence electrons. The van der Waals surface area contributed by atoms with Crippen LogP contribution in [0, 0.1) is 6.92 Å². The summed E-state index contributed by atoms with van der Waals surface area (Å²) in [5, 5.41) is 0. The minimum Gasteiger partial charge on any atom is -0.497 e. The van der Waals surface area contributed by atoms with Gasteiger partial charge in [-0.1, -0.05) is 12.1 Å². The van der Waals surface area contributed by atoms with Gasteiger partial charge in [-0.15, -0.1) is 0 Å². The van der Waals surface area contributed by atoms with Crippen molar-refractivity contribution in [1.29, 1.82) is 0 Å². The Morgan fingerprint density at radius 2 is 2.05 bits per heavy atom. The van der Waals surface area contributed by atoms with E-state index in [0.717, 1.165) is 29.2 Å². The highest BCUT2D eigenvalue weighted by atomic mass is 16.5. The van der Waals surface area contributed by atoms with E-state index in [1.807, 2.05) is 31.4 Å². The number of nitrogens with zero attached hydrogens (tertiary/aromatic N) is 2. The highest BCUT2D eigenvalue weighted by molar-refractivity contribution is 5.47. The Balaban J connectivity index is 2.16. The van der Waals surface area contributed by atoms with Crippen LogP contribution >= 0.6 is 0 Å². The van der Waals surface area contributed by atoms with Gasteiger partial charge in [-0.2, -0.15) is 0 Å². The molecule has 1 aromatic heterocycles. The Bertz CT molecular complexity index is 584. The zero-order valence-electron chi connectivity index (χ0n) is 12.3. The zero-order valence-corrected chi connectivity index (χ0v) is 12.3. The summed E-state index contributed by atoms with van der Waals surface area (Å²) in [6.45, 7) is 3.37. The minimum atomic E-state index is 0.522. The van der Waals surface area contributed by atoms with Gasteiger partial charge in [0.1, 0.15) is 11.6 Å². The molecule has 0 fully saturated rings. The Hall–Kier alpha value is -2.07. The van der Waals surface area contributed by atoms with Crippen molar-refractivity contribution in [2.75, 3.05) is 19.1 Å². The van der Waals surface area contributed by atoms with Crippen molar-refractivity contribution in [1.82, 2.24) is 4.98 Å². The lowest BCUT2D eigenvalue weighted by Gasteiger charge is -2.21. The van der Waals surface area contributed by atoms with Gasteiger partial charge in [0, 0.05) is 26.3 Å². The van der Waals surface area contributed by atoms with Crippen LogP contribution in [0.3, 0.4) is 0 Å². The Morgan fingerprint density at radius 3 is 2.70 bits per heavy atom. The molecule has 1 aromatic carbocycles. The summed E-state index contributed by atoms with van der Waals surface area (Å²) >= 11 is 0. The maximum atomic E-state index is 5.63. The van der Waals surface area contributed by atoms with E-state index in [0.29, 0.717) is 6.54 Å². The van der Waals surface area contributed by atoms with Crippen molar-refractivity contribution >= 4 is 5.82 Å². The van der Waals surface area contributed by atoms with Crippen LogP contribution < -0.4 is 15.4 Å². The van der Waals surface area contributed by atoms with E-state index < -0.39 is 0 Å². The first-order valence-electron chi connectivity index (χ1n) is 6.63. The van der Waals surface area contributed by atoms with Crippen LogP contribution in [0.4, 0.5) is 5.82 Å². The number of hydrogen-bond acceptors (Lipinski definition) is 4. The summed E-state index contributed by atoms with van der Waals surface area (Å²) in [6, 6.07) is 10.2. The van der Waals surface area contributed by atoms with Gasteiger partial charge < -0.3 is 15.4 Å². The number of aromatic nitrogens is 1. The molecule has 0 saturated carbocycles. The molecule has 4 heteroatoms. The van der Waals surface area contributed by atoms with Crippen LogP contribution in [-0.4, -0.2) is 19.1 Å². The molecule has 0 aliphatic heterocycles. The molecule has 0 aliphatic carbocycles. The van der Waals surface area contributed by atoms with E-state index >= 15 is 0 Å². The Kier molecular flexibility index (Phi) is 4.58. The Morgan fingerprint density at radius 1 is 1.25 bits per heavy atom. The third-order valence-electron chi connectivity index (χ3n) is 3.26. The smallest absolute Gasteiger partial charge is 0.131 e. The van der Waals surface area contributed by atoms with E-state index in [4.69, 9.17) is 10.5 Å². The molecule has 4 nitrogen and oxygen atoms in total. The fourth-order valence-electron chi connectivity index (χ4n) is 2.26. The van der Waals surface area contributed by atoms with Gasteiger partial charge in [-0.25, -0.2) is 4.98 Å². The molecule has 0 atom stereocenters. The first kappa shape index (κ1) is 14.3. The van der Waals surface area contributed by atoms with Crippen molar-refractivity contribution in [2.45, 2.75) is 20.0 Å². The molecule has 0 spiro atoms. The van der Waals surface area contributed by atoms with E-state index in [1.54, 1.807) is 7.11 Å². The van der Waals surface area contributed by atoms with Crippen molar-refractivity contribution in [3.8, 4) is 5.75 Å². The van der Waals surface area contributed by atoms with E-state index in [1.165, 1.54) is 5.56 Å². The lowest BCUT2D eigenvalue weighted by molar-refractivity contribution is 0.414. The molecular formula is C16H21N3O. The largest absolute Gasteiger partial charge is 0.497 e. The monoisotopic (exact) mass is 271 g/mol. The number of anilines is 1. The zero-order chi connectivity index (χ0) is 14.5. The number of pyridine rings is 1. The van der Waals surface area contributed by atoms with Gasteiger partial charge in [0.2, 0.25) is 0 Å². The number of nitrogens with two attached hydrogens (primary N) is 1. The average molecular weight is 271 g/mol. The first-order chi connectivity index (χ1) is 9.63. The quantitative estimate of drug-likeness (QED) is 0.907. The van der Waals surface area contributed by atoms with Crippen LogP contribution in [0.2, 0.25) is 0 Å². The normalized spacial score (nSPS) is 10.4. The molecule has 1 heterocycles. The third-order valence-corrected chi connectivity index (χ3v) is 3.26. The fraction of sp³-hybridized carbons (Fsp3) is 0.312. The molecular weight excluding hydrogens is 250 g/mol. The average Bonchev–Trinajstić information content (AvgIpc) is 2.47. The number of rotatable bonds is 5. The predicted octanol–water partition coefficient (Wildman–Crippen LogP) is 2.49. The number of benzene rings is 1. The van der Waals surface area contributed by atoms with Crippen LogP contribution in [0.5, 0.6) is 5.75 Å². The summed E-state index contributed by atoms with van der Waals surface area (Å²) in [5.74, 6) is 1.85. The third kappa shape index (κ3) is 3.27. The number of ether oxygens (including phenoxy) is 1. The molecule has 20 heavy (non-hydrogen) atoms. The number of aryl methyl sites for hydroxylation is 1. The topological polar surface area (TPSA) is 51.4 Å². The lowest BCUT2D eigenvalue weighted by Crippen LogP contribution is -2.19. The lowest BCUT2D eigenvalue weighted by atomic mass is 10.1. The van der Waals surface area contributed by atoms with Gasteiger partial charge in [0.15, 0.2) is 0 Å². The molecule has 0 unspecified atom stereocenters. The van der Waals surface area contributed by atoms with Gasteiger partial charge >= 0.3 is 0 Å². The van der Waals surface area contributed by atoms with E-state index in [9.17, 15) is 0 Å².